The van der Waals surface area contributed by atoms with E-state index in [1.54, 1.807) is 0 Å². The molecule has 0 heterocycles. The van der Waals surface area contributed by atoms with Gasteiger partial charge >= 0.3 is 37.7 Å². The maximum absolute atomic E-state index is 11.2. The highest BCUT2D eigenvalue weighted by molar-refractivity contribution is 7.47. The molecule has 5 N–H and O–H groups in total. The number of carboxylic acid groups (broad SMARTS) is 3. The summed E-state index contributed by atoms with van der Waals surface area (Å²) in [5.74, 6) is -10.6. The fraction of sp³-hybridized carbons (Fsp3) is 0.375. The molecule has 124 valence electrons. The summed E-state index contributed by atoms with van der Waals surface area (Å²) >= 11 is 0. The first-order chi connectivity index (χ1) is 9.79. The highest BCUT2D eigenvalue weighted by atomic mass is 31.2. The lowest BCUT2D eigenvalue weighted by Crippen LogP contribution is -2.48. The Labute approximate surface area is 120 Å². The summed E-state index contributed by atoms with van der Waals surface area (Å²) in [5.41, 5.74) is -3.16. The van der Waals surface area contributed by atoms with Crippen LogP contribution in [0.3, 0.4) is 0 Å². The Balaban J connectivity index is 5.44. The first kappa shape index (κ1) is 19.5. The Morgan fingerprint density at radius 2 is 1.27 bits per heavy atom. The molecule has 0 amide bonds. The van der Waals surface area contributed by atoms with Gasteiger partial charge in [-0.25, -0.2) is 18.9 Å². The molecule has 0 aromatic carbocycles. The van der Waals surface area contributed by atoms with Crippen molar-refractivity contribution < 1.29 is 62.9 Å². The Kier molecular flexibility index (Phi) is 6.18. The monoisotopic (exact) mass is 344 g/mol. The Hall–Kier alpha value is -2.50. The molecule has 0 aliphatic carbocycles. The molecule has 0 fully saturated rings. The second kappa shape index (κ2) is 6.98. The number of ether oxygens (including phenoxy) is 1. The van der Waals surface area contributed by atoms with E-state index in [0.29, 0.717) is 0 Å². The molecule has 13 nitrogen and oxygen atoms in total. The van der Waals surface area contributed by atoms with E-state index in [0.717, 1.165) is 0 Å². The van der Waals surface area contributed by atoms with Gasteiger partial charge in [-0.05, 0) is 0 Å². The van der Waals surface area contributed by atoms with Crippen LogP contribution in [0.1, 0.15) is 12.8 Å². The molecule has 0 spiro atoms. The zero-order valence-corrected chi connectivity index (χ0v) is 11.3. The van der Waals surface area contributed by atoms with E-state index in [4.69, 9.17) is 25.1 Å². The number of aliphatic carboxylic acids is 3. The van der Waals surface area contributed by atoms with Crippen LogP contribution >= 0.6 is 7.82 Å². The summed E-state index contributed by atoms with van der Waals surface area (Å²) < 4.78 is 17.7. The van der Waals surface area contributed by atoms with Crippen molar-refractivity contribution in [2.75, 3.05) is 0 Å². The van der Waals surface area contributed by atoms with Gasteiger partial charge in [-0.3, -0.25) is 19.4 Å². The van der Waals surface area contributed by atoms with E-state index in [1.165, 1.54) is 0 Å². The summed E-state index contributed by atoms with van der Waals surface area (Å²) in [6.07, 6.45) is -3.05. The van der Waals surface area contributed by atoms with E-state index in [9.17, 15) is 28.5 Å². The predicted molar refractivity (Wildman–Crippen MR) is 59.1 cm³/mol. The Morgan fingerprint density at radius 3 is 1.55 bits per heavy atom. The minimum absolute atomic E-state index is 1.52. The average molecular weight is 344 g/mol. The van der Waals surface area contributed by atoms with Crippen LogP contribution in [-0.2, 0) is 37.8 Å². The van der Waals surface area contributed by atoms with Gasteiger partial charge in [0, 0.05) is 0 Å². The third-order valence-electron chi connectivity index (χ3n) is 1.92. The Bertz CT molecular complexity index is 540. The van der Waals surface area contributed by atoms with Gasteiger partial charge < -0.3 is 24.6 Å². The van der Waals surface area contributed by atoms with Gasteiger partial charge in [0.15, 0.2) is 0 Å². The third kappa shape index (κ3) is 6.30. The number of carboxylic acids is 3. The molecular formula is C8H9O13P. The quantitative estimate of drug-likeness (QED) is 0.190. The van der Waals surface area contributed by atoms with Crippen LogP contribution in [-0.4, -0.2) is 60.6 Å². The van der Waals surface area contributed by atoms with Crippen LogP contribution in [0.5, 0.6) is 0 Å². The van der Waals surface area contributed by atoms with Crippen LogP contribution in [0.2, 0.25) is 0 Å². The Morgan fingerprint density at radius 1 is 0.864 bits per heavy atom. The summed E-state index contributed by atoms with van der Waals surface area (Å²) in [5, 5.41) is 26.0. The number of rotatable bonds is 7. The van der Waals surface area contributed by atoms with E-state index >= 15 is 0 Å². The van der Waals surface area contributed by atoms with E-state index in [-0.39, 0.29) is 0 Å². The fourth-order valence-corrected chi connectivity index (χ4v) is 1.47. The second-order valence-corrected chi connectivity index (χ2v) is 4.86. The van der Waals surface area contributed by atoms with Gasteiger partial charge in [0.2, 0.25) is 5.60 Å². The number of carbonyl (C=O) groups is 5. The average Bonchev–Trinajstić information content (AvgIpc) is 2.23. The first-order valence-electron chi connectivity index (χ1n) is 4.98. The molecule has 0 radical (unpaired) electrons. The molecular weight excluding hydrogens is 335 g/mol. The summed E-state index contributed by atoms with van der Waals surface area (Å²) in [6, 6.07) is 0. The molecule has 0 saturated heterocycles. The highest BCUT2D eigenvalue weighted by Gasteiger charge is 2.49. The normalized spacial score (nSPS) is 11.4. The highest BCUT2D eigenvalue weighted by Crippen LogP contribution is 2.36. The number of esters is 1. The molecule has 14 heteroatoms. The zero-order valence-electron chi connectivity index (χ0n) is 10.4. The van der Waals surface area contributed by atoms with Crippen molar-refractivity contribution in [3.8, 4) is 0 Å². The van der Waals surface area contributed by atoms with Gasteiger partial charge in [0.05, 0.1) is 12.8 Å². The largest absolute Gasteiger partial charge is 0.527 e. The second-order valence-electron chi connectivity index (χ2n) is 3.70. The SMILES string of the molecule is O=C(O)CC(CC(=O)O)(OC(=O)C(=O)OP(=O)(O)O)C(=O)O. The lowest BCUT2D eigenvalue weighted by Gasteiger charge is -2.25. The van der Waals surface area contributed by atoms with Crippen LogP contribution in [0, 0.1) is 0 Å². The van der Waals surface area contributed by atoms with Crippen molar-refractivity contribution in [3.63, 3.8) is 0 Å². The molecule has 0 aliphatic heterocycles. The van der Waals surface area contributed by atoms with Crippen LogP contribution in [0.25, 0.3) is 0 Å². The minimum Gasteiger partial charge on any atom is -0.481 e. The molecule has 0 aliphatic rings. The number of carbonyl (C=O) groups excluding carboxylic acids is 2. The fourth-order valence-electron chi connectivity index (χ4n) is 1.18. The number of hydrogen-bond donors (Lipinski definition) is 5. The minimum atomic E-state index is -5.45. The summed E-state index contributed by atoms with van der Waals surface area (Å²) in [7, 11) is -5.45. The molecule has 22 heavy (non-hydrogen) atoms. The zero-order chi connectivity index (χ0) is 17.7. The van der Waals surface area contributed by atoms with Gasteiger partial charge in [0.1, 0.15) is 0 Å². The smallest absolute Gasteiger partial charge is 0.481 e. The number of hydrogen-bond acceptors (Lipinski definition) is 8. The van der Waals surface area contributed by atoms with Crippen LogP contribution in [0.4, 0.5) is 0 Å². The van der Waals surface area contributed by atoms with Gasteiger partial charge in [0.25, 0.3) is 0 Å². The van der Waals surface area contributed by atoms with E-state index in [2.05, 4.69) is 9.26 Å². The molecule has 0 saturated carbocycles. The molecule has 0 aromatic heterocycles. The first-order valence-corrected chi connectivity index (χ1v) is 6.51. The third-order valence-corrected chi connectivity index (χ3v) is 2.32. The lowest BCUT2D eigenvalue weighted by molar-refractivity contribution is -0.190. The van der Waals surface area contributed by atoms with Gasteiger partial charge in [-0.15, -0.1) is 0 Å². The molecule has 0 bridgehead atoms. The van der Waals surface area contributed by atoms with Crippen LogP contribution in [0.15, 0.2) is 0 Å². The summed E-state index contributed by atoms with van der Waals surface area (Å²) in [4.78, 5) is 71.0. The van der Waals surface area contributed by atoms with Crippen molar-refractivity contribution in [1.29, 1.82) is 0 Å². The molecule has 0 atom stereocenters. The standard InChI is InChI=1S/C8H9O13P/c9-3(10)1-8(7(15)16,2-4(11)12)20-5(13)6(14)21-22(17,18)19/h1-2H2,(H,9,10)(H,11,12)(H,15,16)(H2,17,18,19). The van der Waals surface area contributed by atoms with Crippen molar-refractivity contribution in [2.45, 2.75) is 18.4 Å². The summed E-state index contributed by atoms with van der Waals surface area (Å²) in [6.45, 7) is 0. The predicted octanol–water partition coefficient (Wildman–Crippen LogP) is -2.06. The lowest BCUT2D eigenvalue weighted by atomic mass is 9.95. The van der Waals surface area contributed by atoms with Crippen molar-refractivity contribution in [3.05, 3.63) is 0 Å². The molecule has 0 aromatic rings. The topological polar surface area (TPSA) is 222 Å². The van der Waals surface area contributed by atoms with Crippen molar-refractivity contribution >= 4 is 37.7 Å². The number of phosphoric ester groups is 1. The maximum Gasteiger partial charge on any atom is 0.527 e. The molecule has 0 unspecified atom stereocenters. The van der Waals surface area contributed by atoms with Gasteiger partial charge in [-0.1, -0.05) is 0 Å². The van der Waals surface area contributed by atoms with E-state index < -0.39 is 56.1 Å². The van der Waals surface area contributed by atoms with Crippen molar-refractivity contribution in [2.24, 2.45) is 0 Å². The number of phosphoric acid groups is 1. The maximum atomic E-state index is 11.2. The van der Waals surface area contributed by atoms with Crippen molar-refractivity contribution in [1.82, 2.24) is 0 Å². The van der Waals surface area contributed by atoms with Crippen LogP contribution < -0.4 is 0 Å². The van der Waals surface area contributed by atoms with E-state index in [1.807, 2.05) is 0 Å². The van der Waals surface area contributed by atoms with Gasteiger partial charge in [-0.2, -0.15) is 0 Å². The molecule has 0 rings (SSSR count).